The number of benzene rings is 2. The summed E-state index contributed by atoms with van der Waals surface area (Å²) in [6.07, 6.45) is 5.22. The van der Waals surface area contributed by atoms with Gasteiger partial charge in [0.1, 0.15) is 0 Å². The van der Waals surface area contributed by atoms with E-state index < -0.39 is 4.92 Å². The summed E-state index contributed by atoms with van der Waals surface area (Å²) in [6, 6.07) is 12.6. The van der Waals surface area contributed by atoms with Gasteiger partial charge in [-0.3, -0.25) is 19.8 Å². The molecule has 1 amide bonds. The van der Waals surface area contributed by atoms with Crippen LogP contribution < -0.4 is 5.32 Å². The first kappa shape index (κ1) is 20.7. The van der Waals surface area contributed by atoms with Gasteiger partial charge in [-0.25, -0.2) is 0 Å². The first-order valence-electron chi connectivity index (χ1n) is 9.55. The quantitative estimate of drug-likeness (QED) is 0.365. The van der Waals surface area contributed by atoms with Gasteiger partial charge in [-0.15, -0.1) is 0 Å². The van der Waals surface area contributed by atoms with Crippen molar-refractivity contribution in [3.63, 3.8) is 0 Å². The molecule has 0 bridgehead atoms. The number of nitro groups is 1. The minimum absolute atomic E-state index is 0.0802. The summed E-state index contributed by atoms with van der Waals surface area (Å²) in [5.41, 5.74) is 2.54. The highest BCUT2D eigenvalue weighted by molar-refractivity contribution is 14.1. The fraction of sp³-hybridized carbons (Fsp3) is 0.381. The summed E-state index contributed by atoms with van der Waals surface area (Å²) in [4.78, 5) is 25.4. The van der Waals surface area contributed by atoms with Gasteiger partial charge in [-0.2, -0.15) is 0 Å². The monoisotopic (exact) mass is 493 g/mol. The molecule has 0 radical (unpaired) electrons. The third-order valence-electron chi connectivity index (χ3n) is 4.99. The molecule has 3 rings (SSSR count). The number of carbonyl (C=O) groups excluding carboxylic acids is 1. The second kappa shape index (κ2) is 9.97. The van der Waals surface area contributed by atoms with Crippen LogP contribution >= 0.6 is 22.6 Å². The Morgan fingerprint density at radius 2 is 1.68 bits per heavy atom. The molecule has 2 aromatic carbocycles. The summed E-state index contributed by atoms with van der Waals surface area (Å²) in [6.45, 7) is 3.69. The van der Waals surface area contributed by atoms with Crippen molar-refractivity contribution in [2.24, 2.45) is 0 Å². The fourth-order valence-electron chi connectivity index (χ4n) is 3.39. The summed E-state index contributed by atoms with van der Waals surface area (Å²) >= 11 is 2.02. The fourth-order valence-corrected chi connectivity index (χ4v) is 3.97. The maximum Gasteiger partial charge on any atom is 0.270 e. The smallest absolute Gasteiger partial charge is 0.270 e. The molecule has 1 aliphatic rings. The van der Waals surface area contributed by atoms with Crippen LogP contribution in [-0.2, 0) is 13.1 Å². The average molecular weight is 493 g/mol. The normalized spacial score (nSPS) is 15.0. The van der Waals surface area contributed by atoms with Gasteiger partial charge in [0.15, 0.2) is 0 Å². The van der Waals surface area contributed by atoms with Crippen LogP contribution in [0.3, 0.4) is 0 Å². The number of nitrogens with one attached hydrogen (secondary N) is 1. The van der Waals surface area contributed by atoms with Crippen LogP contribution in [0.25, 0.3) is 0 Å². The maximum absolute atomic E-state index is 12.4. The van der Waals surface area contributed by atoms with Gasteiger partial charge in [0.2, 0.25) is 0 Å². The van der Waals surface area contributed by atoms with Crippen LogP contribution in [0.4, 0.5) is 5.69 Å². The zero-order valence-corrected chi connectivity index (χ0v) is 17.9. The predicted octanol–water partition coefficient (Wildman–Crippen LogP) is 4.51. The van der Waals surface area contributed by atoms with Crippen molar-refractivity contribution in [3.05, 3.63) is 72.8 Å². The lowest BCUT2D eigenvalue weighted by Crippen LogP contribution is -2.24. The second-order valence-electron chi connectivity index (χ2n) is 7.11. The minimum atomic E-state index is -0.490. The van der Waals surface area contributed by atoms with Crippen molar-refractivity contribution in [1.82, 2.24) is 10.2 Å². The van der Waals surface area contributed by atoms with E-state index in [4.69, 9.17) is 0 Å². The molecule has 1 saturated heterocycles. The topological polar surface area (TPSA) is 75.5 Å². The molecule has 0 aliphatic carbocycles. The lowest BCUT2D eigenvalue weighted by molar-refractivity contribution is -0.384. The number of amides is 1. The van der Waals surface area contributed by atoms with Gasteiger partial charge in [0.25, 0.3) is 11.6 Å². The molecule has 0 unspecified atom stereocenters. The van der Waals surface area contributed by atoms with E-state index in [1.807, 2.05) is 34.7 Å². The van der Waals surface area contributed by atoms with E-state index >= 15 is 0 Å². The summed E-state index contributed by atoms with van der Waals surface area (Å²) in [5, 5.41) is 13.8. The van der Waals surface area contributed by atoms with E-state index in [1.165, 1.54) is 56.5 Å². The highest BCUT2D eigenvalue weighted by Crippen LogP contribution is 2.20. The number of likely N-dealkylation sites (tertiary alicyclic amines) is 1. The van der Waals surface area contributed by atoms with Gasteiger partial charge >= 0.3 is 0 Å². The van der Waals surface area contributed by atoms with Crippen molar-refractivity contribution in [2.75, 3.05) is 13.1 Å². The first-order chi connectivity index (χ1) is 13.5. The Kier molecular flexibility index (Phi) is 7.38. The number of hydrogen-bond acceptors (Lipinski definition) is 4. The molecule has 7 heteroatoms. The third-order valence-corrected chi connectivity index (χ3v) is 5.93. The van der Waals surface area contributed by atoms with E-state index in [9.17, 15) is 14.9 Å². The van der Waals surface area contributed by atoms with Crippen LogP contribution in [0.15, 0.2) is 42.5 Å². The van der Waals surface area contributed by atoms with E-state index in [1.54, 1.807) is 6.07 Å². The van der Waals surface area contributed by atoms with Gasteiger partial charge in [-0.05, 0) is 65.7 Å². The molecule has 0 saturated carbocycles. The van der Waals surface area contributed by atoms with E-state index in [0.29, 0.717) is 15.7 Å². The zero-order valence-electron chi connectivity index (χ0n) is 15.7. The van der Waals surface area contributed by atoms with Crippen molar-refractivity contribution in [1.29, 1.82) is 0 Å². The Bertz CT molecular complexity index is 831. The minimum Gasteiger partial charge on any atom is -0.348 e. The van der Waals surface area contributed by atoms with Crippen molar-refractivity contribution in [3.8, 4) is 0 Å². The Hall–Kier alpha value is -2.00. The summed E-state index contributed by atoms with van der Waals surface area (Å²) in [5.74, 6) is -0.304. The molecule has 2 aromatic rings. The van der Waals surface area contributed by atoms with Gasteiger partial charge in [0, 0.05) is 28.8 Å². The Morgan fingerprint density at radius 3 is 2.32 bits per heavy atom. The number of nitrogens with zero attached hydrogens (tertiary/aromatic N) is 2. The van der Waals surface area contributed by atoms with Crippen LogP contribution in [0.1, 0.15) is 47.2 Å². The Balaban J connectivity index is 1.56. The molecule has 0 aromatic heterocycles. The molecule has 148 valence electrons. The molecule has 1 heterocycles. The molecule has 0 atom stereocenters. The molecular weight excluding hydrogens is 469 g/mol. The number of rotatable bonds is 6. The maximum atomic E-state index is 12.4. The number of halogens is 1. The first-order valence-corrected chi connectivity index (χ1v) is 10.6. The standard InChI is InChI=1S/C21H24IN3O3/c22-20-10-9-18(25(27)28)13-19(20)21(26)23-14-16-5-7-17(8-6-16)15-24-11-3-1-2-4-12-24/h5-10,13H,1-4,11-12,14-15H2,(H,23,26). The van der Waals surface area contributed by atoms with Crippen LogP contribution in [0, 0.1) is 13.7 Å². The highest BCUT2D eigenvalue weighted by atomic mass is 127. The highest BCUT2D eigenvalue weighted by Gasteiger charge is 2.15. The molecule has 28 heavy (non-hydrogen) atoms. The zero-order chi connectivity index (χ0) is 19.9. The van der Waals surface area contributed by atoms with Crippen molar-refractivity contribution in [2.45, 2.75) is 38.8 Å². The van der Waals surface area contributed by atoms with Gasteiger partial charge in [-0.1, -0.05) is 37.1 Å². The lowest BCUT2D eigenvalue weighted by atomic mass is 10.1. The SMILES string of the molecule is O=C(NCc1ccc(CN2CCCCCC2)cc1)c1cc([N+](=O)[O-])ccc1I. The van der Waals surface area contributed by atoms with Crippen LogP contribution in [0.5, 0.6) is 0 Å². The van der Waals surface area contributed by atoms with E-state index in [-0.39, 0.29) is 11.6 Å². The van der Waals surface area contributed by atoms with Crippen LogP contribution in [-0.4, -0.2) is 28.8 Å². The third kappa shape index (κ3) is 5.75. The second-order valence-corrected chi connectivity index (χ2v) is 8.27. The van der Waals surface area contributed by atoms with Gasteiger partial charge < -0.3 is 5.32 Å². The number of carbonyl (C=O) groups is 1. The molecule has 0 spiro atoms. The Labute approximate surface area is 178 Å². The van der Waals surface area contributed by atoms with Crippen molar-refractivity contribution >= 4 is 34.2 Å². The van der Waals surface area contributed by atoms with E-state index in [2.05, 4.69) is 22.3 Å². The average Bonchev–Trinajstić information content (AvgIpc) is 2.96. The van der Waals surface area contributed by atoms with E-state index in [0.717, 1.165) is 12.1 Å². The number of nitro benzene ring substituents is 1. The molecule has 6 nitrogen and oxygen atoms in total. The summed E-state index contributed by atoms with van der Waals surface area (Å²) in [7, 11) is 0. The molecule has 1 N–H and O–H groups in total. The Morgan fingerprint density at radius 1 is 1.04 bits per heavy atom. The number of hydrogen-bond donors (Lipinski definition) is 1. The predicted molar refractivity (Wildman–Crippen MR) is 117 cm³/mol. The van der Waals surface area contributed by atoms with Gasteiger partial charge in [0.05, 0.1) is 10.5 Å². The molecule has 1 fully saturated rings. The largest absolute Gasteiger partial charge is 0.348 e. The number of non-ortho nitro benzene ring substituents is 1. The van der Waals surface area contributed by atoms with Crippen molar-refractivity contribution < 1.29 is 9.72 Å². The molecule has 1 aliphatic heterocycles. The lowest BCUT2D eigenvalue weighted by Gasteiger charge is -2.19. The summed E-state index contributed by atoms with van der Waals surface area (Å²) < 4.78 is 0.688. The van der Waals surface area contributed by atoms with Crippen LogP contribution in [0.2, 0.25) is 0 Å². The molecular formula is C21H24IN3O3.